The van der Waals surface area contributed by atoms with E-state index in [4.69, 9.17) is 5.73 Å². The summed E-state index contributed by atoms with van der Waals surface area (Å²) in [5.41, 5.74) is 5.62. The maximum absolute atomic E-state index is 5.62. The van der Waals surface area contributed by atoms with Gasteiger partial charge >= 0.3 is 0 Å². The van der Waals surface area contributed by atoms with Crippen LogP contribution >= 0.6 is 0 Å². The molecule has 2 nitrogen and oxygen atoms in total. The Bertz CT molecular complexity index is 156. The van der Waals surface area contributed by atoms with Gasteiger partial charge in [0.2, 0.25) is 0 Å². The molecule has 14 heavy (non-hydrogen) atoms. The van der Waals surface area contributed by atoms with Gasteiger partial charge in [0.15, 0.2) is 0 Å². The van der Waals surface area contributed by atoms with Crippen molar-refractivity contribution in [1.29, 1.82) is 0 Å². The lowest BCUT2D eigenvalue weighted by molar-refractivity contribution is 0.103. The first kappa shape index (κ1) is 12.0. The lowest BCUT2D eigenvalue weighted by atomic mass is 9.77. The van der Waals surface area contributed by atoms with Gasteiger partial charge in [0.25, 0.3) is 0 Å². The predicted octanol–water partition coefficient (Wildman–Crippen LogP) is 2.09. The maximum atomic E-state index is 5.62. The molecule has 1 rings (SSSR count). The van der Waals surface area contributed by atoms with E-state index in [1.807, 2.05) is 0 Å². The molecular weight excluding hydrogens is 172 g/mol. The Morgan fingerprint density at radius 2 is 1.93 bits per heavy atom. The van der Waals surface area contributed by atoms with Crippen molar-refractivity contribution in [3.8, 4) is 0 Å². The average Bonchev–Trinajstić information content (AvgIpc) is 2.18. The summed E-state index contributed by atoms with van der Waals surface area (Å²) in [7, 11) is 2.23. The van der Waals surface area contributed by atoms with Crippen LogP contribution in [0.2, 0.25) is 0 Å². The van der Waals surface area contributed by atoms with Crippen LogP contribution in [0.1, 0.15) is 39.5 Å². The van der Waals surface area contributed by atoms with Gasteiger partial charge in [-0.15, -0.1) is 0 Å². The topological polar surface area (TPSA) is 29.3 Å². The van der Waals surface area contributed by atoms with Crippen molar-refractivity contribution in [3.63, 3.8) is 0 Å². The second kappa shape index (κ2) is 5.72. The van der Waals surface area contributed by atoms with E-state index in [0.717, 1.165) is 31.0 Å². The zero-order valence-corrected chi connectivity index (χ0v) is 10.00. The molecule has 0 radical (unpaired) electrons. The first-order valence-corrected chi connectivity index (χ1v) is 6.07. The summed E-state index contributed by atoms with van der Waals surface area (Å²) in [6.07, 6.45) is 5.62. The molecule has 0 aromatic rings. The van der Waals surface area contributed by atoms with Crippen LogP contribution in [0.25, 0.3) is 0 Å². The fraction of sp³-hybridized carbons (Fsp3) is 1.00. The fourth-order valence-corrected chi connectivity index (χ4v) is 2.83. The van der Waals surface area contributed by atoms with Gasteiger partial charge in [-0.3, -0.25) is 0 Å². The molecule has 0 saturated heterocycles. The molecule has 0 amide bonds. The van der Waals surface area contributed by atoms with E-state index in [2.05, 4.69) is 25.8 Å². The van der Waals surface area contributed by atoms with Crippen LogP contribution in [0.15, 0.2) is 0 Å². The van der Waals surface area contributed by atoms with Gasteiger partial charge in [-0.25, -0.2) is 0 Å². The molecule has 1 aliphatic carbocycles. The van der Waals surface area contributed by atoms with E-state index in [1.165, 1.54) is 25.7 Å². The molecule has 2 heteroatoms. The molecule has 0 aromatic heterocycles. The summed E-state index contributed by atoms with van der Waals surface area (Å²) in [6.45, 7) is 6.56. The molecule has 2 unspecified atom stereocenters. The van der Waals surface area contributed by atoms with Crippen molar-refractivity contribution < 1.29 is 0 Å². The first-order chi connectivity index (χ1) is 6.66. The van der Waals surface area contributed by atoms with E-state index in [9.17, 15) is 0 Å². The number of hydrogen-bond donors (Lipinski definition) is 1. The third kappa shape index (κ3) is 2.96. The van der Waals surface area contributed by atoms with Crippen molar-refractivity contribution in [1.82, 2.24) is 4.90 Å². The van der Waals surface area contributed by atoms with Crippen molar-refractivity contribution in [2.75, 3.05) is 20.1 Å². The van der Waals surface area contributed by atoms with Crippen LogP contribution in [0.4, 0.5) is 0 Å². The third-order valence-corrected chi connectivity index (χ3v) is 3.69. The molecule has 1 saturated carbocycles. The molecule has 0 bridgehead atoms. The molecule has 1 aliphatic rings. The van der Waals surface area contributed by atoms with Crippen molar-refractivity contribution in [3.05, 3.63) is 0 Å². The van der Waals surface area contributed by atoms with Gasteiger partial charge in [0.05, 0.1) is 0 Å². The van der Waals surface area contributed by atoms with Crippen LogP contribution in [0, 0.1) is 11.8 Å². The van der Waals surface area contributed by atoms with Gasteiger partial charge in [0, 0.05) is 19.1 Å². The van der Waals surface area contributed by atoms with Crippen LogP contribution in [0.3, 0.4) is 0 Å². The normalized spacial score (nSPS) is 28.7. The van der Waals surface area contributed by atoms with Crippen molar-refractivity contribution >= 4 is 0 Å². The van der Waals surface area contributed by atoms with Gasteiger partial charge in [0.1, 0.15) is 0 Å². The third-order valence-electron chi connectivity index (χ3n) is 3.69. The summed E-state index contributed by atoms with van der Waals surface area (Å²) < 4.78 is 0. The number of nitrogens with zero attached hydrogens (tertiary/aromatic N) is 1. The Morgan fingerprint density at radius 3 is 2.50 bits per heavy atom. The Morgan fingerprint density at radius 1 is 1.29 bits per heavy atom. The highest BCUT2D eigenvalue weighted by Gasteiger charge is 2.29. The monoisotopic (exact) mass is 198 g/mol. The van der Waals surface area contributed by atoms with Crippen LogP contribution in [0.5, 0.6) is 0 Å². The Kier molecular flexibility index (Phi) is 4.90. The molecule has 0 heterocycles. The summed E-state index contributed by atoms with van der Waals surface area (Å²) >= 11 is 0. The second-order valence-corrected chi connectivity index (χ2v) is 5.03. The number of rotatable bonds is 4. The molecule has 2 atom stereocenters. The quantitative estimate of drug-likeness (QED) is 0.749. The largest absolute Gasteiger partial charge is 0.329 e. The molecule has 0 aromatic carbocycles. The maximum Gasteiger partial charge on any atom is 0.0123 e. The number of likely N-dealkylation sites (N-methyl/N-ethyl adjacent to an activating group) is 1. The first-order valence-electron chi connectivity index (χ1n) is 6.07. The van der Waals surface area contributed by atoms with Gasteiger partial charge in [-0.1, -0.05) is 26.7 Å². The molecule has 1 fully saturated rings. The lowest BCUT2D eigenvalue weighted by Crippen LogP contribution is -2.44. The van der Waals surface area contributed by atoms with Gasteiger partial charge in [-0.05, 0) is 31.7 Å². The second-order valence-electron chi connectivity index (χ2n) is 5.03. The highest BCUT2D eigenvalue weighted by Crippen LogP contribution is 2.32. The van der Waals surface area contributed by atoms with Crippen molar-refractivity contribution in [2.45, 2.75) is 45.6 Å². The minimum Gasteiger partial charge on any atom is -0.329 e. The predicted molar refractivity (Wildman–Crippen MR) is 62.3 cm³/mol. The summed E-state index contributed by atoms with van der Waals surface area (Å²) in [5.74, 6) is 1.71. The summed E-state index contributed by atoms with van der Waals surface area (Å²) in [4.78, 5) is 2.48. The Balaban J connectivity index is 2.53. The van der Waals surface area contributed by atoms with Gasteiger partial charge in [-0.2, -0.15) is 0 Å². The highest BCUT2D eigenvalue weighted by molar-refractivity contribution is 4.83. The van der Waals surface area contributed by atoms with E-state index in [1.54, 1.807) is 0 Å². The molecule has 2 N–H and O–H groups in total. The average molecular weight is 198 g/mol. The van der Waals surface area contributed by atoms with Crippen LogP contribution < -0.4 is 5.73 Å². The minimum atomic E-state index is 0.785. The molecule has 0 aliphatic heterocycles. The Labute approximate surface area is 88.8 Å². The lowest BCUT2D eigenvalue weighted by Gasteiger charge is -2.40. The summed E-state index contributed by atoms with van der Waals surface area (Å²) in [5, 5.41) is 0. The van der Waals surface area contributed by atoms with Crippen molar-refractivity contribution in [2.24, 2.45) is 17.6 Å². The van der Waals surface area contributed by atoms with Gasteiger partial charge < -0.3 is 10.6 Å². The highest BCUT2D eigenvalue weighted by atomic mass is 15.1. The SMILES string of the molecule is CC(C)C1CCCCC1N(C)CCN. The fourth-order valence-electron chi connectivity index (χ4n) is 2.83. The number of hydrogen-bond acceptors (Lipinski definition) is 2. The standard InChI is InChI=1S/C12H26N2/c1-10(2)11-6-4-5-7-12(11)14(3)9-8-13/h10-12H,4-9,13H2,1-3H3. The number of nitrogens with two attached hydrogens (primary N) is 1. The molecule has 0 spiro atoms. The summed E-state index contributed by atoms with van der Waals surface area (Å²) in [6, 6.07) is 0.785. The van der Waals surface area contributed by atoms with E-state index < -0.39 is 0 Å². The van der Waals surface area contributed by atoms with E-state index >= 15 is 0 Å². The van der Waals surface area contributed by atoms with Crippen LogP contribution in [-0.4, -0.2) is 31.1 Å². The minimum absolute atomic E-state index is 0.785. The zero-order valence-electron chi connectivity index (χ0n) is 10.00. The van der Waals surface area contributed by atoms with E-state index in [0.29, 0.717) is 0 Å². The Hall–Kier alpha value is -0.0800. The smallest absolute Gasteiger partial charge is 0.0123 e. The van der Waals surface area contributed by atoms with E-state index in [-0.39, 0.29) is 0 Å². The zero-order chi connectivity index (χ0) is 10.6. The van der Waals surface area contributed by atoms with Crippen LogP contribution in [-0.2, 0) is 0 Å². The molecular formula is C12H26N2. The molecule has 84 valence electrons.